The molecule has 35 heavy (non-hydrogen) atoms. The molecule has 5 heteroatoms. The van der Waals surface area contributed by atoms with Crippen LogP contribution in [0.1, 0.15) is 31.7 Å². The van der Waals surface area contributed by atoms with Gasteiger partial charge in [0.25, 0.3) is 0 Å². The van der Waals surface area contributed by atoms with Crippen LogP contribution < -0.4 is 20.0 Å². The van der Waals surface area contributed by atoms with Crippen LogP contribution in [0.4, 0.5) is 0 Å². The summed E-state index contributed by atoms with van der Waals surface area (Å²) in [7, 11) is 3.36. The van der Waals surface area contributed by atoms with Gasteiger partial charge in [-0.25, -0.2) is 0 Å². The third-order valence-electron chi connectivity index (χ3n) is 7.43. The number of likely N-dealkylation sites (tertiary alicyclic amines) is 1. The molecular weight excluding hydrogens is 436 g/mol. The highest BCUT2D eigenvalue weighted by Crippen LogP contribution is 2.36. The lowest BCUT2D eigenvalue weighted by Gasteiger charge is -2.45. The summed E-state index contributed by atoms with van der Waals surface area (Å²) < 4.78 is 10.8. The van der Waals surface area contributed by atoms with Crippen molar-refractivity contribution in [2.75, 3.05) is 27.3 Å². The van der Waals surface area contributed by atoms with Crippen molar-refractivity contribution >= 4 is 5.57 Å². The van der Waals surface area contributed by atoms with E-state index in [4.69, 9.17) is 14.5 Å². The second-order valence-corrected chi connectivity index (χ2v) is 9.56. The minimum Gasteiger partial charge on any atom is -0.497 e. The number of aliphatic hydroxyl groups excluding tert-OH is 1. The molecule has 2 aliphatic heterocycles. The molecule has 0 saturated carbocycles. The first-order chi connectivity index (χ1) is 17.1. The topological polar surface area (TPSA) is 54.3 Å². The SMILES string of the molecule is C=CC1CN(Cc2ccc(OC)cc2)C(C(O)C2=c3cc(OC)ccc3=NCC=C2)CC1CCC. The van der Waals surface area contributed by atoms with E-state index in [1.807, 2.05) is 36.4 Å². The van der Waals surface area contributed by atoms with Gasteiger partial charge in [0.2, 0.25) is 0 Å². The molecular formula is C30H38N2O3. The number of fused-ring (bicyclic) bond motifs is 1. The molecule has 1 N–H and O–H groups in total. The first-order valence-electron chi connectivity index (χ1n) is 12.6. The van der Waals surface area contributed by atoms with Gasteiger partial charge in [-0.3, -0.25) is 9.89 Å². The fourth-order valence-electron chi connectivity index (χ4n) is 5.53. The number of rotatable bonds is 9. The fraction of sp³-hybridized carbons (Fsp3) is 0.433. The molecule has 0 amide bonds. The smallest absolute Gasteiger partial charge is 0.119 e. The Morgan fingerprint density at radius 3 is 2.57 bits per heavy atom. The summed E-state index contributed by atoms with van der Waals surface area (Å²) in [5.74, 6) is 2.54. The Morgan fingerprint density at radius 1 is 1.14 bits per heavy atom. The van der Waals surface area contributed by atoms with Gasteiger partial charge in [-0.15, -0.1) is 6.58 Å². The van der Waals surface area contributed by atoms with Gasteiger partial charge in [0.05, 0.1) is 32.2 Å². The minimum atomic E-state index is -0.645. The third kappa shape index (κ3) is 5.68. The van der Waals surface area contributed by atoms with Crippen LogP contribution in [0.15, 0.2) is 72.3 Å². The Kier molecular flexibility index (Phi) is 8.42. The molecule has 4 rings (SSSR count). The quantitative estimate of drug-likeness (QED) is 0.560. The number of aliphatic hydroxyl groups is 1. The predicted octanol–water partition coefficient (Wildman–Crippen LogP) is 3.90. The summed E-state index contributed by atoms with van der Waals surface area (Å²) in [6.45, 7) is 8.64. The molecule has 0 aromatic heterocycles. The fourth-order valence-corrected chi connectivity index (χ4v) is 5.53. The van der Waals surface area contributed by atoms with Gasteiger partial charge in [0, 0.05) is 24.4 Å². The molecule has 4 atom stereocenters. The lowest BCUT2D eigenvalue weighted by Crippen LogP contribution is -2.52. The van der Waals surface area contributed by atoms with Crippen LogP contribution in [0.2, 0.25) is 0 Å². The van der Waals surface area contributed by atoms with E-state index in [1.54, 1.807) is 14.2 Å². The Bertz CT molecular complexity index is 1160. The monoisotopic (exact) mass is 474 g/mol. The van der Waals surface area contributed by atoms with E-state index < -0.39 is 6.10 Å². The van der Waals surface area contributed by atoms with Crippen molar-refractivity contribution in [1.29, 1.82) is 0 Å². The van der Waals surface area contributed by atoms with Gasteiger partial charge in [0.15, 0.2) is 0 Å². The van der Waals surface area contributed by atoms with Gasteiger partial charge < -0.3 is 14.6 Å². The molecule has 1 saturated heterocycles. The predicted molar refractivity (Wildman–Crippen MR) is 141 cm³/mol. The number of ether oxygens (including phenoxy) is 2. The largest absolute Gasteiger partial charge is 0.497 e. The standard InChI is InChI=1S/C30H38N2O3/c1-5-8-23-17-29(32(20-22(23)6-2)19-21-10-12-24(34-3)13-11-21)30(33)26-9-7-16-31-28-15-14-25(35-4)18-27(26)28/h6-7,9-15,18,22-23,29-30,33H,2,5,8,16-17,19-20H2,1,3-4H3. The zero-order chi connectivity index (χ0) is 24.8. The van der Waals surface area contributed by atoms with E-state index in [-0.39, 0.29) is 6.04 Å². The number of nitrogens with zero attached hydrogens (tertiary/aromatic N) is 2. The van der Waals surface area contributed by atoms with Gasteiger partial charge >= 0.3 is 0 Å². The van der Waals surface area contributed by atoms with Crippen molar-refractivity contribution in [3.63, 3.8) is 0 Å². The summed E-state index contributed by atoms with van der Waals surface area (Å²) in [5.41, 5.74) is 2.12. The van der Waals surface area contributed by atoms with Crippen molar-refractivity contribution in [1.82, 2.24) is 4.90 Å². The number of benzene rings is 2. The summed E-state index contributed by atoms with van der Waals surface area (Å²) >= 11 is 0. The molecule has 2 aromatic carbocycles. The molecule has 186 valence electrons. The number of hydrogen-bond acceptors (Lipinski definition) is 5. The van der Waals surface area contributed by atoms with Gasteiger partial charge in [-0.1, -0.05) is 50.1 Å². The van der Waals surface area contributed by atoms with E-state index in [2.05, 4.69) is 42.7 Å². The first kappa shape index (κ1) is 25.2. The maximum absolute atomic E-state index is 12.0. The molecule has 1 fully saturated rings. The van der Waals surface area contributed by atoms with Crippen LogP contribution >= 0.6 is 0 Å². The van der Waals surface area contributed by atoms with Crippen molar-refractivity contribution in [3.05, 3.63) is 83.4 Å². The summed E-state index contributed by atoms with van der Waals surface area (Å²) in [6.07, 6.45) is 8.76. The summed E-state index contributed by atoms with van der Waals surface area (Å²) in [4.78, 5) is 7.14. The second-order valence-electron chi connectivity index (χ2n) is 9.56. The zero-order valence-corrected chi connectivity index (χ0v) is 21.2. The van der Waals surface area contributed by atoms with Crippen LogP contribution in [0, 0.1) is 11.8 Å². The van der Waals surface area contributed by atoms with Gasteiger partial charge in [-0.2, -0.15) is 0 Å². The number of hydrogen-bond donors (Lipinski definition) is 1. The van der Waals surface area contributed by atoms with E-state index in [0.717, 1.165) is 60.0 Å². The molecule has 0 aliphatic carbocycles. The molecule has 0 radical (unpaired) electrons. The minimum absolute atomic E-state index is 0.0124. The summed E-state index contributed by atoms with van der Waals surface area (Å²) in [5, 5.41) is 13.8. The number of methoxy groups -OCH3 is 2. The van der Waals surface area contributed by atoms with Crippen LogP contribution in [-0.2, 0) is 6.54 Å². The maximum Gasteiger partial charge on any atom is 0.119 e. The molecule has 4 unspecified atom stereocenters. The highest BCUT2D eigenvalue weighted by Gasteiger charge is 2.38. The van der Waals surface area contributed by atoms with Crippen molar-refractivity contribution in [3.8, 4) is 11.5 Å². The molecule has 2 aromatic rings. The van der Waals surface area contributed by atoms with E-state index >= 15 is 0 Å². The lowest BCUT2D eigenvalue weighted by molar-refractivity contribution is 0.0106. The van der Waals surface area contributed by atoms with Crippen LogP contribution in [0.25, 0.3) is 5.57 Å². The second kappa shape index (κ2) is 11.7. The summed E-state index contributed by atoms with van der Waals surface area (Å²) in [6, 6.07) is 14.1. The van der Waals surface area contributed by atoms with Crippen LogP contribution in [0.5, 0.6) is 11.5 Å². The Labute approximate surface area is 209 Å². The number of piperidine rings is 1. The van der Waals surface area contributed by atoms with Gasteiger partial charge in [-0.05, 0) is 59.7 Å². The van der Waals surface area contributed by atoms with E-state index in [1.165, 1.54) is 5.56 Å². The van der Waals surface area contributed by atoms with Gasteiger partial charge in [0.1, 0.15) is 11.5 Å². The first-order valence-corrected chi connectivity index (χ1v) is 12.6. The zero-order valence-electron chi connectivity index (χ0n) is 21.2. The maximum atomic E-state index is 12.0. The van der Waals surface area contributed by atoms with Crippen LogP contribution in [-0.4, -0.2) is 49.5 Å². The molecule has 0 bridgehead atoms. The average molecular weight is 475 g/mol. The molecule has 2 heterocycles. The highest BCUT2D eigenvalue weighted by molar-refractivity contribution is 5.62. The van der Waals surface area contributed by atoms with Crippen molar-refractivity contribution in [2.45, 2.75) is 44.9 Å². The van der Waals surface area contributed by atoms with Crippen LogP contribution in [0.3, 0.4) is 0 Å². The average Bonchev–Trinajstić information content (AvgIpc) is 3.11. The molecule has 0 spiro atoms. The highest BCUT2D eigenvalue weighted by atomic mass is 16.5. The Hall–Kier alpha value is -2.89. The molecule has 2 aliphatic rings. The molecule has 5 nitrogen and oxygen atoms in total. The Morgan fingerprint density at radius 2 is 1.89 bits per heavy atom. The van der Waals surface area contributed by atoms with Crippen molar-refractivity contribution < 1.29 is 14.6 Å². The van der Waals surface area contributed by atoms with E-state index in [0.29, 0.717) is 18.4 Å². The Balaban J connectivity index is 1.74. The normalized spacial score (nSPS) is 23.1. The van der Waals surface area contributed by atoms with E-state index in [9.17, 15) is 5.11 Å². The lowest BCUT2D eigenvalue weighted by atomic mass is 9.76. The van der Waals surface area contributed by atoms with Crippen molar-refractivity contribution in [2.24, 2.45) is 16.8 Å². The third-order valence-corrected chi connectivity index (χ3v) is 7.43.